The van der Waals surface area contributed by atoms with E-state index in [0.717, 1.165) is 24.6 Å². The molecule has 2 aliphatic rings. The fraction of sp³-hybridized carbons (Fsp3) is 0.875. The summed E-state index contributed by atoms with van der Waals surface area (Å²) >= 11 is 1.03. The molecule has 1 aliphatic carbocycles. The summed E-state index contributed by atoms with van der Waals surface area (Å²) < 4.78 is 10.4. The molecule has 0 aromatic carbocycles. The predicted octanol–water partition coefficient (Wildman–Crippen LogP) is 3.13. The Labute approximate surface area is 136 Å². The zero-order valence-corrected chi connectivity index (χ0v) is 14.4. The highest BCUT2D eigenvalue weighted by Crippen LogP contribution is 2.41. The highest BCUT2D eigenvalue weighted by molar-refractivity contribution is 8.01. The molecule has 0 spiro atoms. The maximum Gasteiger partial charge on any atom is 0.389 e. The van der Waals surface area contributed by atoms with Gasteiger partial charge in [0.05, 0.1) is 6.61 Å². The summed E-state index contributed by atoms with van der Waals surface area (Å²) in [6.07, 6.45) is 3.62. The molecule has 1 N–H and O–H groups in total. The Kier molecular flexibility index (Phi) is 5.77. The van der Waals surface area contributed by atoms with Gasteiger partial charge in [0.2, 0.25) is 0 Å². The molecule has 0 aromatic rings. The van der Waals surface area contributed by atoms with Crippen molar-refractivity contribution in [1.29, 1.82) is 0 Å². The lowest BCUT2D eigenvalue weighted by Gasteiger charge is -2.37. The second-order valence-electron chi connectivity index (χ2n) is 6.82. The largest absolute Gasteiger partial charge is 0.476 e. The molecule has 1 aliphatic heterocycles. The van der Waals surface area contributed by atoms with Gasteiger partial charge in [-0.3, -0.25) is 4.79 Å². The lowest BCUT2D eigenvalue weighted by molar-refractivity contribution is -0.204. The van der Waals surface area contributed by atoms with Gasteiger partial charge in [0, 0.05) is 12.2 Å². The molecule has 1 heterocycles. The molecule has 126 valence electrons. The molecule has 22 heavy (non-hydrogen) atoms. The Hall–Kier alpha value is -0.750. The molecule has 0 radical (unpaired) electrons. The van der Waals surface area contributed by atoms with Gasteiger partial charge in [-0.1, -0.05) is 39.0 Å². The summed E-state index contributed by atoms with van der Waals surface area (Å²) in [6, 6.07) is 0. The SMILES string of the molecule is CC1CCC(C(C)C)C(CC(=O)OC2(C(=O)O)OCCS2)C1. The van der Waals surface area contributed by atoms with Gasteiger partial charge in [-0.15, -0.1) is 0 Å². The van der Waals surface area contributed by atoms with E-state index in [0.29, 0.717) is 30.1 Å². The van der Waals surface area contributed by atoms with Gasteiger partial charge in [0.15, 0.2) is 0 Å². The fourth-order valence-corrected chi connectivity index (χ4v) is 4.54. The van der Waals surface area contributed by atoms with Crippen molar-refractivity contribution in [2.24, 2.45) is 23.7 Å². The van der Waals surface area contributed by atoms with E-state index in [4.69, 9.17) is 9.47 Å². The number of carbonyl (C=O) groups excluding carboxylic acids is 1. The van der Waals surface area contributed by atoms with Gasteiger partial charge in [-0.05, 0) is 36.5 Å². The van der Waals surface area contributed by atoms with E-state index < -0.39 is 17.1 Å². The first-order valence-corrected chi connectivity index (χ1v) is 9.05. The minimum atomic E-state index is -1.83. The number of ether oxygens (including phenoxy) is 2. The lowest BCUT2D eigenvalue weighted by atomic mass is 9.69. The summed E-state index contributed by atoms with van der Waals surface area (Å²) in [7, 11) is 0. The molecule has 2 fully saturated rings. The first-order valence-electron chi connectivity index (χ1n) is 8.07. The number of hydrogen-bond acceptors (Lipinski definition) is 5. The van der Waals surface area contributed by atoms with Crippen LogP contribution in [0.2, 0.25) is 0 Å². The van der Waals surface area contributed by atoms with Crippen LogP contribution >= 0.6 is 11.8 Å². The van der Waals surface area contributed by atoms with Crippen LogP contribution < -0.4 is 0 Å². The molecular formula is C16H26O5S. The van der Waals surface area contributed by atoms with Crippen LogP contribution in [0.3, 0.4) is 0 Å². The number of carboxylic acids is 1. The number of rotatable bonds is 5. The number of thioether (sulfide) groups is 1. The van der Waals surface area contributed by atoms with Crippen molar-refractivity contribution >= 4 is 23.7 Å². The molecule has 4 unspecified atom stereocenters. The lowest BCUT2D eigenvalue weighted by Crippen LogP contribution is -2.41. The van der Waals surface area contributed by atoms with E-state index in [2.05, 4.69) is 20.8 Å². The van der Waals surface area contributed by atoms with Crippen molar-refractivity contribution in [3.8, 4) is 0 Å². The average Bonchev–Trinajstić information content (AvgIpc) is 2.88. The summed E-state index contributed by atoms with van der Waals surface area (Å²) in [5.41, 5.74) is 0. The predicted molar refractivity (Wildman–Crippen MR) is 84.3 cm³/mol. The highest BCUT2D eigenvalue weighted by atomic mass is 32.2. The van der Waals surface area contributed by atoms with Crippen LogP contribution in [0, 0.1) is 23.7 Å². The number of carboxylic acid groups (broad SMARTS) is 1. The third kappa shape index (κ3) is 3.96. The van der Waals surface area contributed by atoms with E-state index in [1.807, 2.05) is 0 Å². The Morgan fingerprint density at radius 2 is 2.14 bits per heavy atom. The van der Waals surface area contributed by atoms with Crippen LogP contribution in [0.5, 0.6) is 0 Å². The molecular weight excluding hydrogens is 304 g/mol. The molecule has 4 atom stereocenters. The summed E-state index contributed by atoms with van der Waals surface area (Å²) in [6.45, 7) is 6.88. The van der Waals surface area contributed by atoms with Crippen LogP contribution in [0.1, 0.15) is 46.5 Å². The summed E-state index contributed by atoms with van der Waals surface area (Å²) in [5.74, 6) is 0.737. The first-order chi connectivity index (χ1) is 10.3. The van der Waals surface area contributed by atoms with Crippen LogP contribution in [0.15, 0.2) is 0 Å². The van der Waals surface area contributed by atoms with E-state index in [1.165, 1.54) is 6.42 Å². The molecule has 2 rings (SSSR count). The van der Waals surface area contributed by atoms with Gasteiger partial charge in [0.1, 0.15) is 0 Å². The molecule has 1 saturated heterocycles. The van der Waals surface area contributed by atoms with Crippen molar-refractivity contribution in [1.82, 2.24) is 0 Å². The number of aliphatic carboxylic acids is 1. The van der Waals surface area contributed by atoms with Crippen LogP contribution in [-0.4, -0.2) is 34.5 Å². The monoisotopic (exact) mass is 330 g/mol. The molecule has 1 saturated carbocycles. The second kappa shape index (κ2) is 7.21. The van der Waals surface area contributed by atoms with Gasteiger partial charge in [-0.2, -0.15) is 0 Å². The smallest absolute Gasteiger partial charge is 0.389 e. The minimum absolute atomic E-state index is 0.272. The number of hydrogen-bond donors (Lipinski definition) is 1. The van der Waals surface area contributed by atoms with Gasteiger partial charge in [-0.25, -0.2) is 4.79 Å². The Balaban J connectivity index is 1.98. The van der Waals surface area contributed by atoms with E-state index in [-0.39, 0.29) is 12.3 Å². The topological polar surface area (TPSA) is 72.8 Å². The normalized spacial score (nSPS) is 35.5. The van der Waals surface area contributed by atoms with Crippen LogP contribution in [-0.2, 0) is 19.1 Å². The minimum Gasteiger partial charge on any atom is -0.476 e. The second-order valence-corrected chi connectivity index (χ2v) is 8.06. The van der Waals surface area contributed by atoms with Crippen LogP contribution in [0.25, 0.3) is 0 Å². The Morgan fingerprint density at radius 1 is 1.41 bits per heavy atom. The van der Waals surface area contributed by atoms with Crippen molar-refractivity contribution in [2.45, 2.75) is 51.6 Å². The van der Waals surface area contributed by atoms with Crippen molar-refractivity contribution < 1.29 is 24.2 Å². The molecule has 0 bridgehead atoms. The Morgan fingerprint density at radius 3 is 2.68 bits per heavy atom. The quantitative estimate of drug-likeness (QED) is 0.781. The summed E-state index contributed by atoms with van der Waals surface area (Å²) in [5, 5.41) is 7.45. The zero-order chi connectivity index (χ0) is 16.3. The van der Waals surface area contributed by atoms with Crippen molar-refractivity contribution in [3.63, 3.8) is 0 Å². The maximum absolute atomic E-state index is 12.3. The molecule has 0 aromatic heterocycles. The van der Waals surface area contributed by atoms with Crippen LogP contribution in [0.4, 0.5) is 0 Å². The van der Waals surface area contributed by atoms with Crippen molar-refractivity contribution in [3.05, 3.63) is 0 Å². The third-order valence-corrected chi connectivity index (χ3v) is 5.89. The maximum atomic E-state index is 12.3. The van der Waals surface area contributed by atoms with E-state index in [1.54, 1.807) is 0 Å². The highest BCUT2D eigenvalue weighted by Gasteiger charge is 2.49. The molecule has 0 amide bonds. The summed E-state index contributed by atoms with van der Waals surface area (Å²) in [4.78, 5) is 23.6. The Bertz CT molecular complexity index is 417. The third-order valence-electron chi connectivity index (χ3n) is 4.77. The van der Waals surface area contributed by atoms with Gasteiger partial charge < -0.3 is 14.6 Å². The first kappa shape index (κ1) is 17.6. The zero-order valence-electron chi connectivity index (χ0n) is 13.5. The van der Waals surface area contributed by atoms with E-state index >= 15 is 0 Å². The standard InChI is InChI=1S/C16H26O5S/c1-10(2)13-5-4-11(3)8-12(13)9-14(17)21-16(15(18)19)20-6-7-22-16/h10-13H,4-9H2,1-3H3,(H,18,19). The number of esters is 1. The van der Waals surface area contributed by atoms with Gasteiger partial charge >= 0.3 is 17.1 Å². The molecule has 5 nitrogen and oxygen atoms in total. The van der Waals surface area contributed by atoms with Crippen molar-refractivity contribution in [2.75, 3.05) is 12.4 Å². The number of carbonyl (C=O) groups is 2. The van der Waals surface area contributed by atoms with Gasteiger partial charge in [0.25, 0.3) is 0 Å². The fourth-order valence-electron chi connectivity index (χ4n) is 3.66. The molecule has 6 heteroatoms. The average molecular weight is 330 g/mol. The van der Waals surface area contributed by atoms with E-state index in [9.17, 15) is 14.7 Å².